The third kappa shape index (κ3) is 3.18. The first-order valence-electron chi connectivity index (χ1n) is 7.29. The second kappa shape index (κ2) is 6.12. The number of benzene rings is 2. The molecule has 0 aromatic heterocycles. The van der Waals surface area contributed by atoms with Crippen LogP contribution in [-0.2, 0) is 11.3 Å². The molecular weight excluding hydrogens is 294 g/mol. The molecule has 0 unspecified atom stereocenters. The Kier molecular flexibility index (Phi) is 4.02. The summed E-state index contributed by atoms with van der Waals surface area (Å²) < 4.78 is 10.6. The van der Waals surface area contributed by atoms with Gasteiger partial charge in [0.2, 0.25) is 12.6 Å². The van der Waals surface area contributed by atoms with Crippen molar-refractivity contribution in [2.45, 2.75) is 13.5 Å². The van der Waals surface area contributed by atoms with Crippen LogP contribution in [0.2, 0.25) is 0 Å². The molecule has 2 aromatic carbocycles. The van der Waals surface area contributed by atoms with Crippen molar-refractivity contribution in [1.29, 1.82) is 0 Å². The summed E-state index contributed by atoms with van der Waals surface area (Å²) in [6.45, 7) is 2.47. The zero-order valence-electron chi connectivity index (χ0n) is 13.0. The summed E-state index contributed by atoms with van der Waals surface area (Å²) >= 11 is 0. The summed E-state index contributed by atoms with van der Waals surface area (Å²) in [5, 5.41) is 0. The highest BCUT2D eigenvalue weighted by Gasteiger charge is 2.21. The smallest absolute Gasteiger partial charge is 0.294 e. The molecule has 3 rings (SSSR count). The highest BCUT2D eigenvalue weighted by atomic mass is 16.7. The Labute approximate surface area is 134 Å². The molecule has 0 atom stereocenters. The van der Waals surface area contributed by atoms with Gasteiger partial charge in [-0.15, -0.1) is 0 Å². The SMILES string of the molecule is Cc1ccc(C(=O)C(=O)N(C)Cc2ccc3c(c2)OCO3)cc1. The van der Waals surface area contributed by atoms with Crippen LogP contribution in [0.1, 0.15) is 21.5 Å². The minimum atomic E-state index is -0.536. The molecule has 5 nitrogen and oxygen atoms in total. The first kappa shape index (κ1) is 15.1. The summed E-state index contributed by atoms with van der Waals surface area (Å²) in [5.41, 5.74) is 2.32. The first-order chi connectivity index (χ1) is 11.0. The van der Waals surface area contributed by atoms with E-state index < -0.39 is 11.7 Å². The number of carbonyl (C=O) groups is 2. The van der Waals surface area contributed by atoms with E-state index in [-0.39, 0.29) is 6.79 Å². The lowest BCUT2D eigenvalue weighted by atomic mass is 10.1. The van der Waals surface area contributed by atoms with E-state index in [1.54, 1.807) is 25.2 Å². The van der Waals surface area contributed by atoms with E-state index >= 15 is 0 Å². The molecule has 0 saturated heterocycles. The fourth-order valence-electron chi connectivity index (χ4n) is 2.39. The van der Waals surface area contributed by atoms with Crippen molar-refractivity contribution >= 4 is 11.7 Å². The van der Waals surface area contributed by atoms with Crippen molar-refractivity contribution in [2.24, 2.45) is 0 Å². The maximum atomic E-state index is 12.3. The second-order valence-corrected chi connectivity index (χ2v) is 5.54. The standard InChI is InChI=1S/C18H17NO4/c1-12-3-6-14(7-4-12)17(20)18(21)19(2)10-13-5-8-15-16(9-13)23-11-22-15/h3-9H,10-11H2,1-2H3. The molecule has 1 amide bonds. The zero-order valence-corrected chi connectivity index (χ0v) is 13.0. The summed E-state index contributed by atoms with van der Waals surface area (Å²) in [6.07, 6.45) is 0. The van der Waals surface area contributed by atoms with Crippen molar-refractivity contribution < 1.29 is 19.1 Å². The van der Waals surface area contributed by atoms with Gasteiger partial charge in [-0.1, -0.05) is 35.9 Å². The van der Waals surface area contributed by atoms with Gasteiger partial charge in [0.25, 0.3) is 5.91 Å². The van der Waals surface area contributed by atoms with Gasteiger partial charge in [-0.2, -0.15) is 0 Å². The average Bonchev–Trinajstić information content (AvgIpc) is 3.01. The molecule has 23 heavy (non-hydrogen) atoms. The number of amides is 1. The lowest BCUT2D eigenvalue weighted by Crippen LogP contribution is -2.32. The molecule has 1 heterocycles. The Bertz CT molecular complexity index is 752. The number of carbonyl (C=O) groups excluding carboxylic acids is 2. The molecule has 0 N–H and O–H groups in total. The number of rotatable bonds is 4. The number of hydrogen-bond donors (Lipinski definition) is 0. The molecule has 2 aromatic rings. The Balaban J connectivity index is 1.70. The molecular formula is C18H17NO4. The van der Waals surface area contributed by atoms with Gasteiger partial charge in [0.1, 0.15) is 0 Å². The van der Waals surface area contributed by atoms with Gasteiger partial charge in [0.15, 0.2) is 11.5 Å². The van der Waals surface area contributed by atoms with Gasteiger partial charge in [-0.25, -0.2) is 0 Å². The number of Topliss-reactive ketones (excluding diaryl/α,β-unsaturated/α-hetero) is 1. The number of ketones is 1. The van der Waals surface area contributed by atoms with Crippen LogP contribution in [0.15, 0.2) is 42.5 Å². The molecule has 0 fully saturated rings. The van der Waals surface area contributed by atoms with E-state index in [2.05, 4.69) is 0 Å². The fraction of sp³-hybridized carbons (Fsp3) is 0.222. The van der Waals surface area contributed by atoms with Crippen LogP contribution >= 0.6 is 0 Å². The van der Waals surface area contributed by atoms with E-state index in [4.69, 9.17) is 9.47 Å². The number of nitrogens with zero attached hydrogens (tertiary/aromatic N) is 1. The van der Waals surface area contributed by atoms with Crippen molar-refractivity contribution in [3.8, 4) is 11.5 Å². The van der Waals surface area contributed by atoms with Crippen LogP contribution in [0, 0.1) is 6.92 Å². The number of fused-ring (bicyclic) bond motifs is 1. The predicted octanol–water partition coefficient (Wildman–Crippen LogP) is 2.57. The Morgan fingerprint density at radius 3 is 2.48 bits per heavy atom. The number of hydrogen-bond acceptors (Lipinski definition) is 4. The van der Waals surface area contributed by atoms with Gasteiger partial charge >= 0.3 is 0 Å². The fourth-order valence-corrected chi connectivity index (χ4v) is 2.39. The zero-order chi connectivity index (χ0) is 16.4. The topological polar surface area (TPSA) is 55.8 Å². The van der Waals surface area contributed by atoms with Gasteiger partial charge in [-0.05, 0) is 24.6 Å². The van der Waals surface area contributed by atoms with Gasteiger partial charge in [0, 0.05) is 19.2 Å². The van der Waals surface area contributed by atoms with Gasteiger partial charge in [-0.3, -0.25) is 9.59 Å². The van der Waals surface area contributed by atoms with Crippen molar-refractivity contribution in [2.75, 3.05) is 13.8 Å². The average molecular weight is 311 g/mol. The Hall–Kier alpha value is -2.82. The number of likely N-dealkylation sites (N-methyl/N-ethyl adjacent to an activating group) is 1. The minimum absolute atomic E-state index is 0.208. The van der Waals surface area contributed by atoms with Gasteiger partial charge in [0.05, 0.1) is 0 Å². The Morgan fingerprint density at radius 2 is 1.74 bits per heavy atom. The third-order valence-corrected chi connectivity index (χ3v) is 3.71. The molecule has 118 valence electrons. The maximum Gasteiger partial charge on any atom is 0.294 e. The highest BCUT2D eigenvalue weighted by Crippen LogP contribution is 2.32. The highest BCUT2D eigenvalue weighted by molar-refractivity contribution is 6.42. The normalized spacial score (nSPS) is 12.1. The predicted molar refractivity (Wildman–Crippen MR) is 84.5 cm³/mol. The van der Waals surface area contributed by atoms with Crippen molar-refractivity contribution in [3.05, 3.63) is 59.2 Å². The molecule has 0 spiro atoms. The minimum Gasteiger partial charge on any atom is -0.454 e. The molecule has 0 saturated carbocycles. The van der Waals surface area contributed by atoms with E-state index in [1.165, 1.54) is 4.90 Å². The molecule has 0 bridgehead atoms. The van der Waals surface area contributed by atoms with E-state index in [1.807, 2.05) is 31.2 Å². The van der Waals surface area contributed by atoms with E-state index in [0.29, 0.717) is 23.6 Å². The van der Waals surface area contributed by atoms with Gasteiger partial charge < -0.3 is 14.4 Å². The summed E-state index contributed by atoms with van der Waals surface area (Å²) in [6, 6.07) is 12.5. The lowest BCUT2D eigenvalue weighted by molar-refractivity contribution is -0.125. The number of ether oxygens (including phenoxy) is 2. The molecule has 0 radical (unpaired) electrons. The Morgan fingerprint density at radius 1 is 1.04 bits per heavy atom. The van der Waals surface area contributed by atoms with E-state index in [9.17, 15) is 9.59 Å². The van der Waals surface area contributed by atoms with Crippen LogP contribution < -0.4 is 9.47 Å². The molecule has 1 aliphatic rings. The second-order valence-electron chi connectivity index (χ2n) is 5.54. The molecule has 1 aliphatic heterocycles. The number of aryl methyl sites for hydroxylation is 1. The van der Waals surface area contributed by atoms with Crippen LogP contribution in [0.3, 0.4) is 0 Å². The van der Waals surface area contributed by atoms with Crippen LogP contribution in [-0.4, -0.2) is 30.4 Å². The van der Waals surface area contributed by atoms with Crippen LogP contribution in [0.25, 0.3) is 0 Å². The lowest BCUT2D eigenvalue weighted by Gasteiger charge is -2.16. The van der Waals surface area contributed by atoms with Crippen molar-refractivity contribution in [3.63, 3.8) is 0 Å². The van der Waals surface area contributed by atoms with Crippen molar-refractivity contribution in [1.82, 2.24) is 4.90 Å². The largest absolute Gasteiger partial charge is 0.454 e. The van der Waals surface area contributed by atoms with Crippen LogP contribution in [0.5, 0.6) is 11.5 Å². The monoisotopic (exact) mass is 311 g/mol. The van der Waals surface area contributed by atoms with E-state index in [0.717, 1.165) is 11.1 Å². The molecule has 0 aliphatic carbocycles. The molecule has 5 heteroatoms. The summed E-state index contributed by atoms with van der Waals surface area (Å²) in [7, 11) is 1.61. The third-order valence-electron chi connectivity index (χ3n) is 3.71. The first-order valence-corrected chi connectivity index (χ1v) is 7.29. The van der Waals surface area contributed by atoms with Crippen LogP contribution in [0.4, 0.5) is 0 Å². The summed E-state index contributed by atoms with van der Waals surface area (Å²) in [4.78, 5) is 25.9. The summed E-state index contributed by atoms with van der Waals surface area (Å²) in [5.74, 6) is 0.312. The quantitative estimate of drug-likeness (QED) is 0.643. The maximum absolute atomic E-state index is 12.3.